The number of rotatable bonds is 5. The Balaban J connectivity index is 2.13. The average molecular weight is 272 g/mol. The molecule has 0 spiro atoms. The first-order chi connectivity index (χ1) is 9.60. The van der Waals surface area contributed by atoms with Crippen molar-refractivity contribution in [3.8, 4) is 11.5 Å². The summed E-state index contributed by atoms with van der Waals surface area (Å²) in [7, 11) is 1.62. The van der Waals surface area contributed by atoms with Crippen LogP contribution in [0.2, 0.25) is 0 Å². The molecule has 0 aliphatic carbocycles. The van der Waals surface area contributed by atoms with Crippen molar-refractivity contribution in [1.29, 1.82) is 0 Å². The lowest BCUT2D eigenvalue weighted by Crippen LogP contribution is -2.06. The third kappa shape index (κ3) is 3.52. The van der Waals surface area contributed by atoms with E-state index in [0.717, 1.165) is 22.6 Å². The molecule has 0 amide bonds. The lowest BCUT2D eigenvalue weighted by molar-refractivity contribution is 0.219. The number of aliphatic hydroxyl groups excluding tert-OH is 1. The topological polar surface area (TPSA) is 38.7 Å². The summed E-state index contributed by atoms with van der Waals surface area (Å²) >= 11 is 0. The van der Waals surface area contributed by atoms with Crippen LogP contribution < -0.4 is 9.47 Å². The van der Waals surface area contributed by atoms with Gasteiger partial charge < -0.3 is 14.6 Å². The van der Waals surface area contributed by atoms with Crippen molar-refractivity contribution in [2.24, 2.45) is 0 Å². The van der Waals surface area contributed by atoms with Gasteiger partial charge in [-0.2, -0.15) is 0 Å². The number of methoxy groups -OCH3 is 1. The van der Waals surface area contributed by atoms with Crippen LogP contribution in [0.5, 0.6) is 11.5 Å². The molecule has 2 rings (SSSR count). The number of hydrogen-bond donors (Lipinski definition) is 1. The van der Waals surface area contributed by atoms with Crippen LogP contribution in [0.1, 0.15) is 31.1 Å². The Bertz CT molecular complexity index is 529. The van der Waals surface area contributed by atoms with Crippen LogP contribution in [-0.4, -0.2) is 18.3 Å². The van der Waals surface area contributed by atoms with E-state index in [9.17, 15) is 5.11 Å². The number of ether oxygens (including phenoxy) is 2. The standard InChI is InChI=1S/C17H20O3/c1-12(2)20-16-10-6-14(7-11-16)17(18)13-4-8-15(19-3)9-5-13/h4-12,17-18H,1-3H3. The summed E-state index contributed by atoms with van der Waals surface area (Å²) in [4.78, 5) is 0. The Morgan fingerprint density at radius 3 is 1.65 bits per heavy atom. The van der Waals surface area contributed by atoms with E-state index in [1.54, 1.807) is 7.11 Å². The van der Waals surface area contributed by atoms with Crippen LogP contribution in [0, 0.1) is 0 Å². The van der Waals surface area contributed by atoms with Gasteiger partial charge in [0.05, 0.1) is 13.2 Å². The van der Waals surface area contributed by atoms with Crippen molar-refractivity contribution in [3.63, 3.8) is 0 Å². The summed E-state index contributed by atoms with van der Waals surface area (Å²) in [6.45, 7) is 3.97. The molecule has 0 saturated carbocycles. The molecule has 0 bridgehead atoms. The molecule has 0 aromatic heterocycles. The van der Waals surface area contributed by atoms with Gasteiger partial charge >= 0.3 is 0 Å². The molecule has 3 heteroatoms. The number of benzene rings is 2. The zero-order valence-corrected chi connectivity index (χ0v) is 12.0. The SMILES string of the molecule is COc1ccc(C(O)c2ccc(OC(C)C)cc2)cc1. The first-order valence-corrected chi connectivity index (χ1v) is 6.69. The van der Waals surface area contributed by atoms with Crippen molar-refractivity contribution >= 4 is 0 Å². The Hall–Kier alpha value is -2.00. The summed E-state index contributed by atoms with van der Waals surface area (Å²) in [6.07, 6.45) is -0.499. The molecule has 0 radical (unpaired) electrons. The fourth-order valence-electron chi connectivity index (χ4n) is 1.98. The van der Waals surface area contributed by atoms with Gasteiger partial charge in [0.2, 0.25) is 0 Å². The molecule has 3 nitrogen and oxygen atoms in total. The highest BCUT2D eigenvalue weighted by Gasteiger charge is 2.10. The van der Waals surface area contributed by atoms with Crippen LogP contribution in [0.15, 0.2) is 48.5 Å². The normalized spacial score (nSPS) is 12.2. The van der Waals surface area contributed by atoms with E-state index in [2.05, 4.69) is 0 Å². The van der Waals surface area contributed by atoms with Crippen molar-refractivity contribution < 1.29 is 14.6 Å². The van der Waals surface area contributed by atoms with Gasteiger partial charge in [-0.25, -0.2) is 0 Å². The maximum Gasteiger partial charge on any atom is 0.119 e. The number of aliphatic hydroxyl groups is 1. The Kier molecular flexibility index (Phi) is 4.64. The Labute approximate surface area is 119 Å². The largest absolute Gasteiger partial charge is 0.497 e. The second-order valence-corrected chi connectivity index (χ2v) is 4.91. The number of hydrogen-bond acceptors (Lipinski definition) is 3. The fourth-order valence-corrected chi connectivity index (χ4v) is 1.98. The van der Waals surface area contributed by atoms with E-state index in [4.69, 9.17) is 9.47 Å². The molecule has 2 aromatic rings. The molecule has 0 aliphatic heterocycles. The Morgan fingerprint density at radius 2 is 1.25 bits per heavy atom. The summed E-state index contributed by atoms with van der Waals surface area (Å²) in [5.74, 6) is 1.59. The van der Waals surface area contributed by atoms with Crippen LogP contribution in [-0.2, 0) is 0 Å². The summed E-state index contributed by atoms with van der Waals surface area (Å²) in [6, 6.07) is 14.9. The second-order valence-electron chi connectivity index (χ2n) is 4.91. The monoisotopic (exact) mass is 272 g/mol. The molecular weight excluding hydrogens is 252 g/mol. The van der Waals surface area contributed by atoms with E-state index in [1.807, 2.05) is 62.4 Å². The summed E-state index contributed by atoms with van der Waals surface area (Å²) in [5, 5.41) is 10.3. The third-order valence-corrected chi connectivity index (χ3v) is 3.00. The van der Waals surface area contributed by atoms with Crippen LogP contribution in [0.4, 0.5) is 0 Å². The van der Waals surface area contributed by atoms with E-state index >= 15 is 0 Å². The molecule has 1 atom stereocenters. The predicted molar refractivity (Wildman–Crippen MR) is 79.3 cm³/mol. The van der Waals surface area contributed by atoms with Crippen molar-refractivity contribution in [2.45, 2.75) is 26.1 Å². The van der Waals surface area contributed by atoms with E-state index in [0.29, 0.717) is 0 Å². The Morgan fingerprint density at radius 1 is 0.800 bits per heavy atom. The quantitative estimate of drug-likeness (QED) is 0.904. The van der Waals surface area contributed by atoms with Crippen LogP contribution in [0.3, 0.4) is 0 Å². The zero-order chi connectivity index (χ0) is 14.5. The first kappa shape index (κ1) is 14.4. The van der Waals surface area contributed by atoms with Gasteiger partial charge in [0, 0.05) is 0 Å². The smallest absolute Gasteiger partial charge is 0.119 e. The van der Waals surface area contributed by atoms with Gasteiger partial charge in [0.25, 0.3) is 0 Å². The average Bonchev–Trinajstić information content (AvgIpc) is 2.47. The molecule has 106 valence electrons. The van der Waals surface area contributed by atoms with Gasteiger partial charge in [0.1, 0.15) is 17.6 Å². The van der Waals surface area contributed by atoms with Crippen LogP contribution >= 0.6 is 0 Å². The van der Waals surface area contributed by atoms with Crippen molar-refractivity contribution in [2.75, 3.05) is 7.11 Å². The minimum atomic E-state index is -0.644. The molecular formula is C17H20O3. The summed E-state index contributed by atoms with van der Waals surface area (Å²) < 4.78 is 10.7. The fraction of sp³-hybridized carbons (Fsp3) is 0.294. The molecule has 0 saturated heterocycles. The van der Waals surface area contributed by atoms with E-state index < -0.39 is 6.10 Å². The van der Waals surface area contributed by atoms with E-state index in [1.165, 1.54) is 0 Å². The van der Waals surface area contributed by atoms with Gasteiger partial charge in [0.15, 0.2) is 0 Å². The molecule has 1 unspecified atom stereocenters. The van der Waals surface area contributed by atoms with Gasteiger partial charge in [-0.3, -0.25) is 0 Å². The van der Waals surface area contributed by atoms with E-state index in [-0.39, 0.29) is 6.10 Å². The summed E-state index contributed by atoms with van der Waals surface area (Å²) in [5.41, 5.74) is 1.68. The highest BCUT2D eigenvalue weighted by Crippen LogP contribution is 2.25. The lowest BCUT2D eigenvalue weighted by Gasteiger charge is -2.14. The highest BCUT2D eigenvalue weighted by atomic mass is 16.5. The zero-order valence-electron chi connectivity index (χ0n) is 12.0. The molecule has 0 aliphatic rings. The van der Waals surface area contributed by atoms with Gasteiger partial charge in [-0.1, -0.05) is 24.3 Å². The predicted octanol–water partition coefficient (Wildman–Crippen LogP) is 3.56. The van der Waals surface area contributed by atoms with Crippen molar-refractivity contribution in [3.05, 3.63) is 59.7 Å². The second kappa shape index (κ2) is 6.44. The van der Waals surface area contributed by atoms with Crippen molar-refractivity contribution in [1.82, 2.24) is 0 Å². The molecule has 20 heavy (non-hydrogen) atoms. The molecule has 2 aromatic carbocycles. The maximum absolute atomic E-state index is 10.3. The highest BCUT2D eigenvalue weighted by molar-refractivity contribution is 5.36. The van der Waals surface area contributed by atoms with Gasteiger partial charge in [-0.05, 0) is 49.2 Å². The molecule has 0 fully saturated rings. The first-order valence-electron chi connectivity index (χ1n) is 6.69. The maximum atomic E-state index is 10.3. The molecule has 0 heterocycles. The minimum absolute atomic E-state index is 0.146. The van der Waals surface area contributed by atoms with Crippen LogP contribution in [0.25, 0.3) is 0 Å². The third-order valence-electron chi connectivity index (χ3n) is 3.00. The minimum Gasteiger partial charge on any atom is -0.497 e. The van der Waals surface area contributed by atoms with Gasteiger partial charge in [-0.15, -0.1) is 0 Å². The molecule has 1 N–H and O–H groups in total. The lowest BCUT2D eigenvalue weighted by atomic mass is 10.0.